The van der Waals surface area contributed by atoms with Crippen molar-refractivity contribution in [1.29, 1.82) is 0 Å². The minimum Gasteiger partial charge on any atom is -0.489 e. The van der Waals surface area contributed by atoms with Gasteiger partial charge in [0.25, 0.3) is 5.92 Å². The standard InChI is InChI=1S/C19H19ClF3NO/c20-17-5-2-6-18(21)16(17)13-25-15-4-1-3-14(11-15)12-24-9-7-19(22,23)8-10-24/h1-6,11H,7-10,12-13H2. The molecule has 0 bridgehead atoms. The van der Waals surface area contributed by atoms with Crippen molar-refractivity contribution >= 4 is 11.6 Å². The fraction of sp³-hybridized carbons (Fsp3) is 0.368. The Morgan fingerprint density at radius 2 is 1.80 bits per heavy atom. The summed E-state index contributed by atoms with van der Waals surface area (Å²) in [6.07, 6.45) is -0.204. The molecule has 2 aromatic rings. The van der Waals surface area contributed by atoms with Gasteiger partial charge in [0.1, 0.15) is 18.2 Å². The third kappa shape index (κ3) is 4.89. The molecule has 1 saturated heterocycles. The van der Waals surface area contributed by atoms with Gasteiger partial charge in [0.2, 0.25) is 0 Å². The molecule has 2 aromatic carbocycles. The minimum absolute atomic E-state index is 0.0326. The van der Waals surface area contributed by atoms with Gasteiger partial charge in [0.05, 0.1) is 5.02 Å². The Hall–Kier alpha value is -1.72. The molecule has 0 unspecified atom stereocenters. The van der Waals surface area contributed by atoms with Gasteiger partial charge in [-0.3, -0.25) is 4.90 Å². The molecule has 1 aliphatic heterocycles. The fourth-order valence-corrected chi connectivity index (χ4v) is 3.07. The molecule has 1 heterocycles. The summed E-state index contributed by atoms with van der Waals surface area (Å²) >= 11 is 5.99. The highest BCUT2D eigenvalue weighted by atomic mass is 35.5. The van der Waals surface area contributed by atoms with Gasteiger partial charge in [-0.2, -0.15) is 0 Å². The molecule has 6 heteroatoms. The molecule has 1 aliphatic rings. The Morgan fingerprint density at radius 1 is 1.08 bits per heavy atom. The zero-order chi connectivity index (χ0) is 17.9. The lowest BCUT2D eigenvalue weighted by Gasteiger charge is -2.31. The summed E-state index contributed by atoms with van der Waals surface area (Å²) in [5.74, 6) is -2.35. The third-order valence-electron chi connectivity index (χ3n) is 4.34. The highest BCUT2D eigenvalue weighted by Gasteiger charge is 2.33. The summed E-state index contributed by atoms with van der Waals surface area (Å²) in [6.45, 7) is 1.38. The van der Waals surface area contributed by atoms with Crippen molar-refractivity contribution in [1.82, 2.24) is 4.90 Å². The third-order valence-corrected chi connectivity index (χ3v) is 4.69. The van der Waals surface area contributed by atoms with Crippen molar-refractivity contribution in [3.63, 3.8) is 0 Å². The summed E-state index contributed by atoms with van der Waals surface area (Å²) in [5.41, 5.74) is 1.29. The van der Waals surface area contributed by atoms with Crippen LogP contribution in [0.3, 0.4) is 0 Å². The molecule has 0 saturated carbocycles. The van der Waals surface area contributed by atoms with E-state index in [4.69, 9.17) is 16.3 Å². The number of hydrogen-bond donors (Lipinski definition) is 0. The van der Waals surface area contributed by atoms with E-state index in [1.54, 1.807) is 18.2 Å². The van der Waals surface area contributed by atoms with Crippen LogP contribution < -0.4 is 4.74 Å². The maximum Gasteiger partial charge on any atom is 0.250 e. The number of ether oxygens (including phenoxy) is 1. The number of piperidine rings is 1. The molecule has 0 radical (unpaired) electrons. The molecule has 0 spiro atoms. The molecule has 25 heavy (non-hydrogen) atoms. The van der Waals surface area contributed by atoms with Crippen LogP contribution in [0.5, 0.6) is 5.75 Å². The molecule has 2 nitrogen and oxygen atoms in total. The molecule has 0 aromatic heterocycles. The van der Waals surface area contributed by atoms with E-state index in [1.165, 1.54) is 6.07 Å². The maximum atomic E-state index is 13.8. The highest BCUT2D eigenvalue weighted by Crippen LogP contribution is 2.29. The monoisotopic (exact) mass is 369 g/mol. The van der Waals surface area contributed by atoms with E-state index in [1.807, 2.05) is 23.1 Å². The van der Waals surface area contributed by atoms with Crippen molar-refractivity contribution in [3.8, 4) is 5.75 Å². The van der Waals surface area contributed by atoms with Gasteiger partial charge in [-0.1, -0.05) is 29.8 Å². The van der Waals surface area contributed by atoms with Gasteiger partial charge < -0.3 is 4.74 Å². The van der Waals surface area contributed by atoms with Crippen molar-refractivity contribution in [2.24, 2.45) is 0 Å². The van der Waals surface area contributed by atoms with Gasteiger partial charge in [0.15, 0.2) is 0 Å². The summed E-state index contributed by atoms with van der Waals surface area (Å²) in [4.78, 5) is 2.00. The average molecular weight is 370 g/mol. The summed E-state index contributed by atoms with van der Waals surface area (Å²) in [7, 11) is 0. The first-order valence-electron chi connectivity index (χ1n) is 8.18. The topological polar surface area (TPSA) is 12.5 Å². The van der Waals surface area contributed by atoms with Crippen LogP contribution in [0.25, 0.3) is 0 Å². The van der Waals surface area contributed by atoms with Crippen LogP contribution in [0.1, 0.15) is 24.0 Å². The zero-order valence-electron chi connectivity index (χ0n) is 13.7. The Kier molecular flexibility index (Phi) is 5.54. The Morgan fingerprint density at radius 3 is 2.52 bits per heavy atom. The van der Waals surface area contributed by atoms with E-state index in [9.17, 15) is 13.2 Å². The summed E-state index contributed by atoms with van der Waals surface area (Å²) in [6, 6.07) is 11.9. The quantitative estimate of drug-likeness (QED) is 0.710. The van der Waals surface area contributed by atoms with Gasteiger partial charge >= 0.3 is 0 Å². The number of nitrogens with zero attached hydrogens (tertiary/aromatic N) is 1. The molecular weight excluding hydrogens is 351 g/mol. The van der Waals surface area contributed by atoms with E-state index in [2.05, 4.69) is 0 Å². The molecule has 0 aliphatic carbocycles. The van der Waals surface area contributed by atoms with Crippen LogP contribution in [0.4, 0.5) is 13.2 Å². The van der Waals surface area contributed by atoms with Gasteiger partial charge in [-0.25, -0.2) is 13.2 Å². The van der Waals surface area contributed by atoms with Crippen LogP contribution in [0.15, 0.2) is 42.5 Å². The van der Waals surface area contributed by atoms with Crippen LogP contribution in [-0.2, 0) is 13.2 Å². The van der Waals surface area contributed by atoms with Crippen molar-refractivity contribution in [2.75, 3.05) is 13.1 Å². The lowest BCUT2D eigenvalue weighted by atomic mass is 10.1. The minimum atomic E-state index is -2.54. The maximum absolute atomic E-state index is 13.8. The number of benzene rings is 2. The highest BCUT2D eigenvalue weighted by molar-refractivity contribution is 6.31. The van der Waals surface area contributed by atoms with E-state index in [-0.39, 0.29) is 19.4 Å². The van der Waals surface area contributed by atoms with Crippen LogP contribution in [0.2, 0.25) is 5.02 Å². The fourth-order valence-electron chi connectivity index (χ4n) is 2.86. The van der Waals surface area contributed by atoms with E-state index >= 15 is 0 Å². The second kappa shape index (κ2) is 7.67. The first kappa shape index (κ1) is 18.1. The van der Waals surface area contributed by atoms with Gasteiger partial charge in [0, 0.05) is 38.0 Å². The van der Waals surface area contributed by atoms with Gasteiger partial charge in [-0.05, 0) is 29.8 Å². The lowest BCUT2D eigenvalue weighted by Crippen LogP contribution is -2.38. The smallest absolute Gasteiger partial charge is 0.250 e. The Labute approximate surface area is 150 Å². The number of hydrogen-bond acceptors (Lipinski definition) is 2. The molecular formula is C19H19ClF3NO. The average Bonchev–Trinajstić information content (AvgIpc) is 2.57. The number of likely N-dealkylation sites (tertiary alicyclic amines) is 1. The first-order valence-corrected chi connectivity index (χ1v) is 8.55. The Balaban J connectivity index is 1.60. The van der Waals surface area contributed by atoms with Crippen LogP contribution >= 0.6 is 11.6 Å². The van der Waals surface area contributed by atoms with Crippen molar-refractivity contribution in [2.45, 2.75) is 31.9 Å². The molecule has 0 atom stereocenters. The van der Waals surface area contributed by atoms with Crippen LogP contribution in [0, 0.1) is 5.82 Å². The largest absolute Gasteiger partial charge is 0.489 e. The number of rotatable bonds is 5. The van der Waals surface area contributed by atoms with Crippen molar-refractivity contribution in [3.05, 3.63) is 64.4 Å². The lowest BCUT2D eigenvalue weighted by molar-refractivity contribution is -0.0566. The summed E-state index contributed by atoms with van der Waals surface area (Å²) in [5, 5.41) is 0.324. The van der Waals surface area contributed by atoms with E-state index < -0.39 is 11.7 Å². The predicted molar refractivity (Wildman–Crippen MR) is 91.6 cm³/mol. The van der Waals surface area contributed by atoms with Crippen LogP contribution in [-0.4, -0.2) is 23.9 Å². The first-order chi connectivity index (χ1) is 11.9. The number of alkyl halides is 2. The molecule has 134 valence electrons. The zero-order valence-corrected chi connectivity index (χ0v) is 14.4. The normalized spacial score (nSPS) is 17.4. The molecule has 3 rings (SSSR count). The SMILES string of the molecule is Fc1cccc(Cl)c1COc1cccc(CN2CCC(F)(F)CC2)c1. The second-order valence-electron chi connectivity index (χ2n) is 6.27. The molecule has 0 amide bonds. The Bertz CT molecular complexity index is 708. The van der Waals surface area contributed by atoms with Crippen molar-refractivity contribution < 1.29 is 17.9 Å². The molecule has 1 fully saturated rings. The molecule has 0 N–H and O–H groups in total. The van der Waals surface area contributed by atoms with E-state index in [0.717, 1.165) is 5.56 Å². The number of halogens is 4. The second-order valence-corrected chi connectivity index (χ2v) is 6.68. The predicted octanol–water partition coefficient (Wildman–Crippen LogP) is 5.29. The van der Waals surface area contributed by atoms with Gasteiger partial charge in [-0.15, -0.1) is 0 Å². The van der Waals surface area contributed by atoms with E-state index in [0.29, 0.717) is 36.0 Å². The summed E-state index contributed by atoms with van der Waals surface area (Å²) < 4.78 is 45.9.